The number of carboxylic acids is 1. The van der Waals surface area contributed by atoms with Crippen LogP contribution in [0.3, 0.4) is 0 Å². The Morgan fingerprint density at radius 2 is 1.72 bits per heavy atom. The standard InChI is InChI=1S/C18H25ClN2O.C5H10O2/c19-16-8-4-7-15(13-16)17(14-5-2-1-3-6-14)18(22)21-11-9-20-10-12-21;1-5(2,3)4(6)7/h4,7-8,13-14,17,20H,1-3,5-6,9-12H2;1-3H3,(H,6,7). The first kappa shape index (κ1) is 23.7. The molecule has 0 bridgehead atoms. The Hall–Kier alpha value is -1.59. The smallest absolute Gasteiger partial charge is 0.308 e. The number of amides is 1. The van der Waals surface area contributed by atoms with Crippen molar-refractivity contribution >= 4 is 23.5 Å². The third-order valence-corrected chi connectivity index (χ3v) is 5.90. The Labute approximate surface area is 179 Å². The van der Waals surface area contributed by atoms with E-state index in [1.165, 1.54) is 19.3 Å². The number of piperazine rings is 1. The van der Waals surface area contributed by atoms with Crippen molar-refractivity contribution in [3.63, 3.8) is 0 Å². The molecular weight excluding hydrogens is 388 g/mol. The van der Waals surface area contributed by atoms with E-state index in [1.807, 2.05) is 23.1 Å². The van der Waals surface area contributed by atoms with Crippen LogP contribution in [0.25, 0.3) is 0 Å². The summed E-state index contributed by atoms with van der Waals surface area (Å²) in [7, 11) is 0. The van der Waals surface area contributed by atoms with Crippen LogP contribution >= 0.6 is 11.6 Å². The quantitative estimate of drug-likeness (QED) is 0.749. The number of nitrogens with one attached hydrogen (secondary N) is 1. The highest BCUT2D eigenvalue weighted by Crippen LogP contribution is 2.38. The topological polar surface area (TPSA) is 69.6 Å². The van der Waals surface area contributed by atoms with Gasteiger partial charge in [0.1, 0.15) is 0 Å². The molecule has 1 saturated heterocycles. The zero-order valence-corrected chi connectivity index (χ0v) is 18.7. The molecule has 5 nitrogen and oxygen atoms in total. The van der Waals surface area contributed by atoms with Gasteiger partial charge in [-0.15, -0.1) is 0 Å². The van der Waals surface area contributed by atoms with Crippen molar-refractivity contribution in [2.45, 2.75) is 58.8 Å². The fourth-order valence-corrected chi connectivity index (χ4v) is 4.06. The molecule has 162 valence electrons. The molecule has 1 atom stereocenters. The molecule has 1 aliphatic heterocycles. The van der Waals surface area contributed by atoms with Crippen LogP contribution in [0.15, 0.2) is 24.3 Å². The van der Waals surface area contributed by atoms with Crippen LogP contribution in [0.5, 0.6) is 0 Å². The first-order valence-corrected chi connectivity index (χ1v) is 11.1. The summed E-state index contributed by atoms with van der Waals surface area (Å²) in [6.45, 7) is 8.43. The minimum atomic E-state index is -0.757. The monoisotopic (exact) mass is 422 g/mol. The minimum Gasteiger partial charge on any atom is -0.481 e. The molecular formula is C23H35ClN2O3. The Bertz CT molecular complexity index is 675. The van der Waals surface area contributed by atoms with Gasteiger partial charge in [0.15, 0.2) is 0 Å². The van der Waals surface area contributed by atoms with E-state index in [1.54, 1.807) is 20.8 Å². The van der Waals surface area contributed by atoms with Gasteiger partial charge in [0, 0.05) is 31.2 Å². The third-order valence-electron chi connectivity index (χ3n) is 5.67. The lowest BCUT2D eigenvalue weighted by molar-refractivity contribution is -0.145. The summed E-state index contributed by atoms with van der Waals surface area (Å²) in [6, 6.07) is 7.92. The summed E-state index contributed by atoms with van der Waals surface area (Å²) in [6.07, 6.45) is 6.12. The maximum atomic E-state index is 13.2. The van der Waals surface area contributed by atoms with E-state index in [0.717, 1.165) is 49.6 Å². The van der Waals surface area contributed by atoms with Gasteiger partial charge < -0.3 is 15.3 Å². The fourth-order valence-electron chi connectivity index (χ4n) is 3.87. The van der Waals surface area contributed by atoms with E-state index in [-0.39, 0.29) is 5.92 Å². The number of hydrogen-bond acceptors (Lipinski definition) is 3. The van der Waals surface area contributed by atoms with Crippen molar-refractivity contribution in [3.05, 3.63) is 34.9 Å². The molecule has 1 heterocycles. The highest BCUT2D eigenvalue weighted by atomic mass is 35.5. The lowest BCUT2D eigenvalue weighted by atomic mass is 9.76. The third kappa shape index (κ3) is 7.31. The average Bonchev–Trinajstić information content (AvgIpc) is 2.69. The Balaban J connectivity index is 0.000000370. The molecule has 0 radical (unpaired) electrons. The number of rotatable bonds is 3. The number of aliphatic carboxylic acids is 1. The number of carbonyl (C=O) groups is 2. The minimum absolute atomic E-state index is 0.0166. The van der Waals surface area contributed by atoms with Crippen LogP contribution in [0.1, 0.15) is 64.4 Å². The van der Waals surface area contributed by atoms with Gasteiger partial charge in [0.25, 0.3) is 0 Å². The van der Waals surface area contributed by atoms with Gasteiger partial charge >= 0.3 is 5.97 Å². The summed E-state index contributed by atoms with van der Waals surface area (Å²) >= 11 is 6.18. The molecule has 1 aromatic carbocycles. The number of carboxylic acid groups (broad SMARTS) is 1. The summed E-state index contributed by atoms with van der Waals surface area (Å²) in [5, 5.41) is 12.3. The van der Waals surface area contributed by atoms with E-state index in [4.69, 9.17) is 16.7 Å². The predicted molar refractivity (Wildman–Crippen MR) is 117 cm³/mol. The summed E-state index contributed by atoms with van der Waals surface area (Å²) in [5.41, 5.74) is 0.517. The molecule has 1 aromatic rings. The molecule has 29 heavy (non-hydrogen) atoms. The lowest BCUT2D eigenvalue weighted by Gasteiger charge is -2.36. The van der Waals surface area contributed by atoms with E-state index in [0.29, 0.717) is 11.8 Å². The average molecular weight is 423 g/mol. The van der Waals surface area contributed by atoms with Gasteiger partial charge in [0.05, 0.1) is 11.3 Å². The van der Waals surface area contributed by atoms with Crippen LogP contribution in [0.2, 0.25) is 5.02 Å². The second-order valence-electron chi connectivity index (χ2n) is 9.06. The normalized spacial score (nSPS) is 19.1. The molecule has 3 rings (SSSR count). The van der Waals surface area contributed by atoms with Crippen molar-refractivity contribution in [1.82, 2.24) is 10.2 Å². The fraction of sp³-hybridized carbons (Fsp3) is 0.652. The molecule has 2 aliphatic rings. The largest absolute Gasteiger partial charge is 0.481 e. The molecule has 1 aliphatic carbocycles. The Morgan fingerprint density at radius 3 is 2.24 bits per heavy atom. The summed E-state index contributed by atoms with van der Waals surface area (Å²) in [4.78, 5) is 25.2. The lowest BCUT2D eigenvalue weighted by Crippen LogP contribution is -2.49. The van der Waals surface area contributed by atoms with Gasteiger partial charge in [-0.25, -0.2) is 0 Å². The van der Waals surface area contributed by atoms with Gasteiger partial charge in [-0.2, -0.15) is 0 Å². The highest BCUT2D eigenvalue weighted by molar-refractivity contribution is 6.30. The number of nitrogens with zero attached hydrogens (tertiary/aromatic N) is 1. The maximum absolute atomic E-state index is 13.2. The Kier molecular flexibility index (Phi) is 8.97. The van der Waals surface area contributed by atoms with Crippen LogP contribution in [-0.4, -0.2) is 48.1 Å². The van der Waals surface area contributed by atoms with Crippen LogP contribution < -0.4 is 5.32 Å². The number of carbonyl (C=O) groups excluding carboxylic acids is 1. The molecule has 1 amide bonds. The van der Waals surface area contributed by atoms with Crippen molar-refractivity contribution in [2.24, 2.45) is 11.3 Å². The number of halogens is 1. The van der Waals surface area contributed by atoms with Crippen molar-refractivity contribution < 1.29 is 14.7 Å². The van der Waals surface area contributed by atoms with Crippen LogP contribution in [0.4, 0.5) is 0 Å². The molecule has 2 fully saturated rings. The van der Waals surface area contributed by atoms with Gasteiger partial charge in [-0.1, -0.05) is 43.0 Å². The molecule has 2 N–H and O–H groups in total. The van der Waals surface area contributed by atoms with E-state index in [9.17, 15) is 9.59 Å². The first-order chi connectivity index (χ1) is 13.7. The van der Waals surface area contributed by atoms with E-state index >= 15 is 0 Å². The van der Waals surface area contributed by atoms with Gasteiger partial charge in [0.2, 0.25) is 5.91 Å². The number of hydrogen-bond donors (Lipinski definition) is 2. The van der Waals surface area contributed by atoms with E-state index in [2.05, 4.69) is 11.4 Å². The van der Waals surface area contributed by atoms with Gasteiger partial charge in [-0.05, 0) is 57.2 Å². The summed E-state index contributed by atoms with van der Waals surface area (Å²) < 4.78 is 0. The van der Waals surface area contributed by atoms with E-state index < -0.39 is 11.4 Å². The van der Waals surface area contributed by atoms with Crippen molar-refractivity contribution in [2.75, 3.05) is 26.2 Å². The van der Waals surface area contributed by atoms with Crippen LogP contribution in [0, 0.1) is 11.3 Å². The number of benzene rings is 1. The maximum Gasteiger partial charge on any atom is 0.308 e. The SMILES string of the molecule is CC(C)(C)C(=O)O.O=C(C(c1cccc(Cl)c1)C1CCCCC1)N1CCNCC1. The zero-order chi connectivity index (χ0) is 21.4. The predicted octanol–water partition coefficient (Wildman–Crippen LogP) is 4.55. The second-order valence-corrected chi connectivity index (χ2v) is 9.50. The second kappa shape index (κ2) is 11.0. The Morgan fingerprint density at radius 1 is 1.14 bits per heavy atom. The molecule has 6 heteroatoms. The van der Waals surface area contributed by atoms with Gasteiger partial charge in [-0.3, -0.25) is 9.59 Å². The highest BCUT2D eigenvalue weighted by Gasteiger charge is 2.34. The molecule has 0 spiro atoms. The molecule has 1 saturated carbocycles. The first-order valence-electron chi connectivity index (χ1n) is 10.7. The zero-order valence-electron chi connectivity index (χ0n) is 17.9. The van der Waals surface area contributed by atoms with Crippen molar-refractivity contribution in [1.29, 1.82) is 0 Å². The van der Waals surface area contributed by atoms with Crippen molar-refractivity contribution in [3.8, 4) is 0 Å². The molecule has 0 aromatic heterocycles. The van der Waals surface area contributed by atoms with Crippen LogP contribution in [-0.2, 0) is 9.59 Å². The summed E-state index contributed by atoms with van der Waals surface area (Å²) in [5.74, 6) is -0.00475. The molecule has 1 unspecified atom stereocenters.